The Hall–Kier alpha value is -3.67. The Labute approximate surface area is 156 Å². The van der Waals surface area contributed by atoms with Crippen LogP contribution in [-0.4, -0.2) is 19.7 Å². The van der Waals surface area contributed by atoms with Crippen LogP contribution >= 0.6 is 0 Å². The fraction of sp³-hybridized carbons (Fsp3) is 0.0952. The molecule has 0 aliphatic carbocycles. The molecule has 0 aliphatic heterocycles. The lowest BCUT2D eigenvalue weighted by atomic mass is 10.2. The third-order valence-corrected chi connectivity index (χ3v) is 3.93. The molecular formula is C21H18N4O2. The highest BCUT2D eigenvalue weighted by Crippen LogP contribution is 2.15. The second kappa shape index (κ2) is 8.14. The van der Waals surface area contributed by atoms with Crippen molar-refractivity contribution >= 4 is 12.2 Å². The van der Waals surface area contributed by atoms with E-state index in [2.05, 4.69) is 15.2 Å². The number of nitrogens with zero attached hydrogens (tertiary/aromatic N) is 4. The molecular weight excluding hydrogens is 340 g/mol. The third kappa shape index (κ3) is 4.70. The zero-order valence-corrected chi connectivity index (χ0v) is 14.6. The van der Waals surface area contributed by atoms with Gasteiger partial charge in [0.2, 0.25) is 5.89 Å². The van der Waals surface area contributed by atoms with Crippen LogP contribution in [0.1, 0.15) is 22.7 Å². The van der Waals surface area contributed by atoms with Crippen LogP contribution in [0, 0.1) is 0 Å². The fourth-order valence-corrected chi connectivity index (χ4v) is 2.56. The second-order valence-corrected chi connectivity index (χ2v) is 5.99. The van der Waals surface area contributed by atoms with Crippen molar-refractivity contribution in [2.75, 3.05) is 0 Å². The van der Waals surface area contributed by atoms with E-state index in [0.717, 1.165) is 29.1 Å². The van der Waals surface area contributed by atoms with E-state index in [-0.39, 0.29) is 0 Å². The highest BCUT2D eigenvalue weighted by Gasteiger charge is 2.03. The van der Waals surface area contributed by atoms with Gasteiger partial charge in [0.25, 0.3) is 0 Å². The Morgan fingerprint density at radius 2 is 1.70 bits per heavy atom. The van der Waals surface area contributed by atoms with Gasteiger partial charge < -0.3 is 13.7 Å². The average molecular weight is 358 g/mol. The number of oxazole rings is 1. The summed E-state index contributed by atoms with van der Waals surface area (Å²) in [5.74, 6) is 1.34. The summed E-state index contributed by atoms with van der Waals surface area (Å²) >= 11 is 0. The van der Waals surface area contributed by atoms with Gasteiger partial charge in [0, 0.05) is 12.6 Å². The molecule has 2 aromatic carbocycles. The number of aromatic nitrogens is 4. The van der Waals surface area contributed by atoms with Crippen molar-refractivity contribution in [3.8, 4) is 5.75 Å². The molecule has 6 heteroatoms. The summed E-state index contributed by atoms with van der Waals surface area (Å²) in [6.45, 7) is 1.08. The number of rotatable bonds is 7. The monoisotopic (exact) mass is 358 g/mol. The maximum absolute atomic E-state index is 5.78. The topological polar surface area (TPSA) is 66.0 Å². The predicted molar refractivity (Wildman–Crippen MR) is 102 cm³/mol. The molecule has 0 saturated heterocycles. The molecule has 0 spiro atoms. The van der Waals surface area contributed by atoms with E-state index >= 15 is 0 Å². The first-order chi connectivity index (χ1) is 13.3. The summed E-state index contributed by atoms with van der Waals surface area (Å²) in [5.41, 5.74) is 2.99. The highest BCUT2D eigenvalue weighted by molar-refractivity contribution is 5.65. The Balaban J connectivity index is 1.31. The smallest absolute Gasteiger partial charge is 0.218 e. The largest absolute Gasteiger partial charge is 0.487 e. The first-order valence-electron chi connectivity index (χ1n) is 8.57. The van der Waals surface area contributed by atoms with Crippen LogP contribution in [0.15, 0.2) is 77.9 Å². The molecule has 0 saturated carbocycles. The maximum atomic E-state index is 5.78. The number of hydrogen-bond acceptors (Lipinski definition) is 5. The van der Waals surface area contributed by atoms with Crippen LogP contribution in [0.5, 0.6) is 5.75 Å². The Morgan fingerprint density at radius 3 is 2.48 bits per heavy atom. The zero-order chi connectivity index (χ0) is 18.3. The average Bonchev–Trinajstić information content (AvgIpc) is 3.39. The molecule has 2 aromatic heterocycles. The SMILES string of the molecule is C(=C\c1nc(COc2ccc(Cn3cnnc3)cc2)co1)/c1ccccc1. The van der Waals surface area contributed by atoms with E-state index in [1.165, 1.54) is 0 Å². The molecule has 27 heavy (non-hydrogen) atoms. The van der Waals surface area contributed by atoms with Gasteiger partial charge in [-0.3, -0.25) is 0 Å². The van der Waals surface area contributed by atoms with Gasteiger partial charge in [0.15, 0.2) is 0 Å². The van der Waals surface area contributed by atoms with Crippen molar-refractivity contribution in [2.24, 2.45) is 0 Å². The summed E-state index contributed by atoms with van der Waals surface area (Å²) in [4.78, 5) is 4.41. The normalized spacial score (nSPS) is 11.1. The molecule has 134 valence electrons. The van der Waals surface area contributed by atoms with Gasteiger partial charge in [-0.05, 0) is 29.3 Å². The van der Waals surface area contributed by atoms with Gasteiger partial charge >= 0.3 is 0 Å². The summed E-state index contributed by atoms with van der Waals surface area (Å²) < 4.78 is 13.2. The molecule has 0 fully saturated rings. The van der Waals surface area contributed by atoms with Crippen LogP contribution < -0.4 is 4.74 Å². The Morgan fingerprint density at radius 1 is 0.926 bits per heavy atom. The number of benzene rings is 2. The number of hydrogen-bond donors (Lipinski definition) is 0. The first kappa shape index (κ1) is 16.8. The molecule has 0 unspecified atom stereocenters. The summed E-state index contributed by atoms with van der Waals surface area (Å²) in [6.07, 6.45) is 8.81. The van der Waals surface area contributed by atoms with E-state index < -0.39 is 0 Å². The fourth-order valence-electron chi connectivity index (χ4n) is 2.56. The predicted octanol–water partition coefficient (Wildman–Crippen LogP) is 4.06. The minimum atomic E-state index is 0.355. The number of ether oxygens (including phenoxy) is 1. The van der Waals surface area contributed by atoms with Crippen molar-refractivity contribution in [3.63, 3.8) is 0 Å². The Bertz CT molecular complexity index is 990. The summed E-state index contributed by atoms with van der Waals surface area (Å²) in [6, 6.07) is 17.9. The van der Waals surface area contributed by atoms with Gasteiger partial charge in [-0.25, -0.2) is 4.98 Å². The van der Waals surface area contributed by atoms with Gasteiger partial charge in [-0.1, -0.05) is 42.5 Å². The zero-order valence-electron chi connectivity index (χ0n) is 14.6. The van der Waals surface area contributed by atoms with Gasteiger partial charge in [-0.2, -0.15) is 0 Å². The molecule has 0 N–H and O–H groups in total. The minimum Gasteiger partial charge on any atom is -0.487 e. The van der Waals surface area contributed by atoms with Crippen LogP contribution in [0.2, 0.25) is 0 Å². The maximum Gasteiger partial charge on any atom is 0.218 e. The molecule has 0 amide bonds. The first-order valence-corrected chi connectivity index (χ1v) is 8.57. The van der Waals surface area contributed by atoms with E-state index in [1.54, 1.807) is 18.9 Å². The van der Waals surface area contributed by atoms with Gasteiger partial charge in [0.05, 0.1) is 0 Å². The second-order valence-electron chi connectivity index (χ2n) is 5.99. The van der Waals surface area contributed by atoms with Gasteiger partial charge in [-0.15, -0.1) is 10.2 Å². The van der Waals surface area contributed by atoms with Crippen molar-refractivity contribution in [3.05, 3.63) is 96.2 Å². The van der Waals surface area contributed by atoms with Crippen molar-refractivity contribution in [2.45, 2.75) is 13.2 Å². The van der Waals surface area contributed by atoms with E-state index in [1.807, 2.05) is 71.3 Å². The van der Waals surface area contributed by atoms with E-state index in [4.69, 9.17) is 9.15 Å². The van der Waals surface area contributed by atoms with Crippen molar-refractivity contribution in [1.29, 1.82) is 0 Å². The lowest BCUT2D eigenvalue weighted by Crippen LogP contribution is -1.98. The lowest BCUT2D eigenvalue weighted by molar-refractivity contribution is 0.301. The van der Waals surface area contributed by atoms with Crippen LogP contribution in [0.4, 0.5) is 0 Å². The molecule has 2 heterocycles. The molecule has 0 bridgehead atoms. The van der Waals surface area contributed by atoms with E-state index in [9.17, 15) is 0 Å². The van der Waals surface area contributed by atoms with Crippen LogP contribution in [0.25, 0.3) is 12.2 Å². The van der Waals surface area contributed by atoms with Crippen molar-refractivity contribution in [1.82, 2.24) is 19.7 Å². The Kier molecular flexibility index (Phi) is 5.06. The molecule has 6 nitrogen and oxygen atoms in total. The van der Waals surface area contributed by atoms with Crippen LogP contribution in [0.3, 0.4) is 0 Å². The summed E-state index contributed by atoms with van der Waals surface area (Å²) in [5, 5.41) is 7.60. The molecule has 0 radical (unpaired) electrons. The third-order valence-electron chi connectivity index (χ3n) is 3.93. The summed E-state index contributed by atoms with van der Waals surface area (Å²) in [7, 11) is 0. The van der Waals surface area contributed by atoms with Crippen molar-refractivity contribution < 1.29 is 9.15 Å². The minimum absolute atomic E-state index is 0.355. The molecule has 4 rings (SSSR count). The standard InChI is InChI=1S/C21H18N4O2/c1-2-4-17(5-3-1)8-11-21-24-19(14-27-21)13-26-20-9-6-18(7-10-20)12-25-15-22-23-16-25/h1-11,14-16H,12-13H2/b11-8+. The molecule has 0 aliphatic rings. The molecule has 4 aromatic rings. The van der Waals surface area contributed by atoms with E-state index in [0.29, 0.717) is 12.5 Å². The lowest BCUT2D eigenvalue weighted by Gasteiger charge is -2.06. The highest BCUT2D eigenvalue weighted by atomic mass is 16.5. The van der Waals surface area contributed by atoms with Gasteiger partial charge in [0.1, 0.15) is 37.0 Å². The quantitative estimate of drug-likeness (QED) is 0.498. The van der Waals surface area contributed by atoms with Crippen LogP contribution in [-0.2, 0) is 13.2 Å². The molecule has 0 atom stereocenters.